The lowest BCUT2D eigenvalue weighted by atomic mass is 9.95. The van der Waals surface area contributed by atoms with E-state index in [4.69, 9.17) is 28.7 Å². The van der Waals surface area contributed by atoms with Crippen molar-refractivity contribution in [1.29, 1.82) is 0 Å². The van der Waals surface area contributed by atoms with Crippen LogP contribution >= 0.6 is 0 Å². The number of likely N-dealkylation sites (tertiary alicyclic amines) is 1. The lowest BCUT2D eigenvalue weighted by Gasteiger charge is -2.47. The number of halogens is 5. The number of aromatic nitrogens is 3. The van der Waals surface area contributed by atoms with Crippen molar-refractivity contribution in [2.24, 2.45) is 0 Å². The normalized spacial score (nSPS) is 21.4. The zero-order chi connectivity index (χ0) is 48.9. The fourth-order valence-electron chi connectivity index (χ4n) is 10.8. The van der Waals surface area contributed by atoms with Crippen molar-refractivity contribution in [3.05, 3.63) is 88.5 Å². The summed E-state index contributed by atoms with van der Waals surface area (Å²) in [5.74, 6) is -1.12. The molecule has 0 unspecified atom stereocenters. The molecule has 2 aromatic heterocycles. The van der Waals surface area contributed by atoms with E-state index >= 15 is 22.0 Å². The van der Waals surface area contributed by atoms with Gasteiger partial charge in [-0.2, -0.15) is 23.1 Å². The highest BCUT2D eigenvalue weighted by Crippen LogP contribution is 2.49. The van der Waals surface area contributed by atoms with Crippen LogP contribution in [-0.2, 0) is 24.0 Å². The molecular weight excluding hydrogens is 902 g/mol. The Morgan fingerprint density at radius 3 is 2.20 bits per heavy atom. The molecule has 69 heavy (non-hydrogen) atoms. The van der Waals surface area contributed by atoms with Gasteiger partial charge < -0.3 is 33.5 Å². The summed E-state index contributed by atoms with van der Waals surface area (Å²) in [6, 6.07) is 13.7. The number of ether oxygens (including phenoxy) is 5. The molecule has 3 fully saturated rings. The molecule has 6 atom stereocenters. The third-order valence-electron chi connectivity index (χ3n) is 14.2. The number of pyridine rings is 1. The lowest BCUT2D eigenvalue weighted by molar-refractivity contribution is -0.137. The number of unbranched alkanes of at least 4 members (excludes halogenated alkanes) is 1. The van der Waals surface area contributed by atoms with Gasteiger partial charge in [-0.25, -0.2) is 18.6 Å². The first-order valence-corrected chi connectivity index (χ1v) is 23.7. The predicted molar refractivity (Wildman–Crippen MR) is 250 cm³/mol. The monoisotopic (exact) mass is 959 g/mol. The molecule has 13 nitrogen and oxygen atoms in total. The average Bonchev–Trinajstić information content (AvgIpc) is 3.87. The number of rotatable bonds is 14. The van der Waals surface area contributed by atoms with E-state index in [1.165, 1.54) is 14.2 Å². The van der Waals surface area contributed by atoms with Gasteiger partial charge >= 0.3 is 18.3 Å². The molecule has 0 saturated carbocycles. The Morgan fingerprint density at radius 2 is 1.61 bits per heavy atom. The average molecular weight is 960 g/mol. The summed E-state index contributed by atoms with van der Waals surface area (Å²) in [5.41, 5.74) is -2.76. The molecule has 9 rings (SSSR count). The number of nitrogens with zero attached hydrogens (tertiary/aromatic N) is 7. The minimum absolute atomic E-state index is 0.000200. The zero-order valence-corrected chi connectivity index (χ0v) is 39.9. The van der Waals surface area contributed by atoms with Gasteiger partial charge in [0.05, 0.1) is 50.2 Å². The van der Waals surface area contributed by atoms with Gasteiger partial charge in [0.2, 0.25) is 5.88 Å². The van der Waals surface area contributed by atoms with Crippen LogP contribution in [0.4, 0.5) is 38.3 Å². The summed E-state index contributed by atoms with van der Waals surface area (Å²) in [5, 5.41) is 0.0511. The van der Waals surface area contributed by atoms with E-state index < -0.39 is 70.6 Å². The van der Waals surface area contributed by atoms with E-state index in [-0.39, 0.29) is 72.6 Å². The van der Waals surface area contributed by atoms with Gasteiger partial charge in [0.15, 0.2) is 5.82 Å². The number of amides is 1. The largest absolute Gasteiger partial charge is 0.497 e. The van der Waals surface area contributed by atoms with Crippen LogP contribution in [0.25, 0.3) is 22.2 Å². The summed E-state index contributed by atoms with van der Waals surface area (Å²) < 4.78 is 111. The van der Waals surface area contributed by atoms with Crippen LogP contribution in [-0.4, -0.2) is 108 Å². The fraction of sp³-hybridized carbons (Fsp3) is 0.490. The van der Waals surface area contributed by atoms with Crippen LogP contribution in [0.3, 0.4) is 0 Å². The molecule has 1 amide bonds. The number of benzene rings is 3. The summed E-state index contributed by atoms with van der Waals surface area (Å²) in [6.45, 7) is 8.23. The predicted octanol–water partition coefficient (Wildman–Crippen LogP) is 10.1. The lowest BCUT2D eigenvalue weighted by Crippen LogP contribution is -2.65. The second kappa shape index (κ2) is 19.3. The second-order valence-electron chi connectivity index (χ2n) is 18.6. The zero-order valence-electron chi connectivity index (χ0n) is 39.9. The molecule has 0 N–H and O–H groups in total. The minimum atomic E-state index is -5.16. The molecule has 0 radical (unpaired) electrons. The first-order chi connectivity index (χ1) is 33.1. The van der Waals surface area contributed by atoms with Crippen LogP contribution in [0, 0.1) is 18.6 Å². The molecule has 0 aliphatic carbocycles. The maximum Gasteiger partial charge on any atom is 0.417 e. The van der Waals surface area contributed by atoms with Gasteiger partial charge in [0.1, 0.15) is 51.9 Å². The SMILES string of the molecule is CCCCOC(=O)N1[C@@H]2CC[C@H]1[C@H]1[C@H](C)Oc3nc(-c4cc(N(Cc5ccc(OC)cc5)Cc5ccc(OC)cc5)c(F)c(C)c4C(F)(F)F)c(F)c4nc(O[C@@H](C)[C@@H]5CCCN5C)nc(c34)N1C2. The summed E-state index contributed by atoms with van der Waals surface area (Å²) in [4.78, 5) is 35.4. The summed E-state index contributed by atoms with van der Waals surface area (Å²) >= 11 is 0. The third-order valence-corrected chi connectivity index (χ3v) is 14.2. The number of alkyl halides is 3. The highest BCUT2D eigenvalue weighted by Gasteiger charge is 2.54. The highest BCUT2D eigenvalue weighted by atomic mass is 19.4. The van der Waals surface area contributed by atoms with Crippen LogP contribution in [0.2, 0.25) is 0 Å². The van der Waals surface area contributed by atoms with Crippen molar-refractivity contribution >= 4 is 28.5 Å². The number of methoxy groups -OCH3 is 2. The van der Waals surface area contributed by atoms with Crippen LogP contribution in [0.15, 0.2) is 54.6 Å². The Morgan fingerprint density at radius 1 is 0.942 bits per heavy atom. The van der Waals surface area contributed by atoms with E-state index in [0.29, 0.717) is 41.9 Å². The van der Waals surface area contributed by atoms with E-state index in [9.17, 15) is 4.79 Å². The van der Waals surface area contributed by atoms with Crippen molar-refractivity contribution in [3.8, 4) is 34.6 Å². The molecule has 18 heteroatoms. The van der Waals surface area contributed by atoms with Crippen molar-refractivity contribution in [3.63, 3.8) is 0 Å². The van der Waals surface area contributed by atoms with Gasteiger partial charge in [-0.05, 0) is 113 Å². The molecule has 4 aliphatic rings. The molecule has 6 heterocycles. The molecule has 368 valence electrons. The Balaban J connectivity index is 1.22. The Labute approximate surface area is 398 Å². The molecule has 3 aromatic carbocycles. The van der Waals surface area contributed by atoms with Crippen molar-refractivity contribution in [2.45, 2.75) is 122 Å². The van der Waals surface area contributed by atoms with Crippen LogP contribution in [0.5, 0.6) is 23.4 Å². The highest BCUT2D eigenvalue weighted by molar-refractivity contribution is 5.98. The van der Waals surface area contributed by atoms with Gasteiger partial charge in [0.25, 0.3) is 0 Å². The van der Waals surface area contributed by atoms with Gasteiger partial charge in [0, 0.05) is 31.2 Å². The van der Waals surface area contributed by atoms with E-state index in [2.05, 4.69) is 14.9 Å². The fourth-order valence-corrected chi connectivity index (χ4v) is 10.8. The summed E-state index contributed by atoms with van der Waals surface area (Å²) in [6.07, 6.45) is -2.15. The van der Waals surface area contributed by atoms with Gasteiger partial charge in [-0.1, -0.05) is 37.6 Å². The molecule has 3 saturated heterocycles. The molecule has 0 spiro atoms. The minimum Gasteiger partial charge on any atom is -0.497 e. The number of carbonyl (C=O) groups excluding carboxylic acids is 1. The molecule has 2 bridgehead atoms. The summed E-state index contributed by atoms with van der Waals surface area (Å²) in [7, 11) is 5.05. The smallest absolute Gasteiger partial charge is 0.417 e. The number of likely N-dealkylation sites (N-methyl/N-ethyl adjacent to an activating group) is 1. The number of fused-ring (bicyclic) bond motifs is 5. The number of piperazine rings is 1. The standard InChI is InChI=1S/C51H58F5N7O6/c1-8-9-23-67-50(64)63-33-16-21-38(63)46-30(4)68-48-40-45(58-49(59-47(40)62(46)27-33)69-29(3)37-11-10-22-60(37)5)43(53)44(57-48)36-24-39(42(52)28(2)41(36)51(54,55)56)61(25-31-12-17-34(65-6)18-13-31)26-32-14-19-35(66-7)20-15-32/h12-15,17-20,24,29-30,33,37-38,46H,8-11,16,21-23,25-27H2,1-7H3/t29-,30-,33+,37-,38-,46+/m0/s1. The van der Waals surface area contributed by atoms with Crippen molar-refractivity contribution < 1.29 is 50.4 Å². The number of hydrogen-bond donors (Lipinski definition) is 0. The van der Waals surface area contributed by atoms with Crippen LogP contribution < -0.4 is 28.7 Å². The van der Waals surface area contributed by atoms with Gasteiger partial charge in [-0.15, -0.1) is 0 Å². The second-order valence-corrected chi connectivity index (χ2v) is 18.6. The first-order valence-electron chi connectivity index (χ1n) is 23.7. The van der Waals surface area contributed by atoms with E-state index in [0.717, 1.165) is 38.8 Å². The third kappa shape index (κ3) is 9.11. The Kier molecular flexibility index (Phi) is 13.4. The topological polar surface area (TPSA) is 115 Å². The molecule has 4 aliphatic heterocycles. The van der Waals surface area contributed by atoms with E-state index in [1.54, 1.807) is 65.3 Å². The Bertz CT molecular complexity index is 2640. The van der Waals surface area contributed by atoms with Crippen LogP contribution in [0.1, 0.15) is 81.5 Å². The quantitative estimate of drug-likeness (QED) is 0.0780. The molecule has 5 aromatic rings. The number of hydrogen-bond acceptors (Lipinski definition) is 12. The first kappa shape index (κ1) is 47.9. The molecular formula is C51H58F5N7O6. The maximum atomic E-state index is 18.0. The van der Waals surface area contributed by atoms with Gasteiger partial charge in [-0.3, -0.25) is 9.80 Å². The van der Waals surface area contributed by atoms with Crippen molar-refractivity contribution in [1.82, 2.24) is 24.8 Å². The number of carbonyl (C=O) groups is 1. The maximum absolute atomic E-state index is 18.0. The number of anilines is 2. The van der Waals surface area contributed by atoms with E-state index in [1.807, 2.05) is 25.8 Å². The van der Waals surface area contributed by atoms with Crippen molar-refractivity contribution in [2.75, 3.05) is 50.8 Å². The Hall–Kier alpha value is -6.17.